The van der Waals surface area contributed by atoms with Crippen LogP contribution in [0, 0.1) is 0 Å². The van der Waals surface area contributed by atoms with Crippen molar-refractivity contribution in [3.8, 4) is 11.5 Å². The molecule has 3 rings (SSSR count). The maximum absolute atomic E-state index is 12.1. The van der Waals surface area contributed by atoms with Crippen molar-refractivity contribution in [2.24, 2.45) is 0 Å². The Labute approximate surface area is 150 Å². The van der Waals surface area contributed by atoms with E-state index in [0.717, 1.165) is 47.7 Å². The number of carbonyl (C=O) groups is 1. The summed E-state index contributed by atoms with van der Waals surface area (Å²) >= 11 is 0. The minimum atomic E-state index is 0.243. The van der Waals surface area contributed by atoms with Gasteiger partial charge >= 0.3 is 0 Å². The number of nitrogens with zero attached hydrogens (tertiary/aromatic N) is 1. The van der Waals surface area contributed by atoms with Gasteiger partial charge in [0.25, 0.3) is 0 Å². The summed E-state index contributed by atoms with van der Waals surface area (Å²) in [6.07, 6.45) is 6.31. The molecule has 5 heteroatoms. The fourth-order valence-electron chi connectivity index (χ4n) is 3.55. The van der Waals surface area contributed by atoms with E-state index < -0.39 is 0 Å². The maximum Gasteiger partial charge on any atom is 0.163 e. The van der Waals surface area contributed by atoms with E-state index in [9.17, 15) is 4.79 Å². The van der Waals surface area contributed by atoms with E-state index in [1.807, 2.05) is 37.2 Å². The summed E-state index contributed by atoms with van der Waals surface area (Å²) < 4.78 is 11.6. The third-order valence-corrected chi connectivity index (χ3v) is 4.83. The highest BCUT2D eigenvalue weighted by atomic mass is 16.5. The molecule has 0 heterocycles. The number of carbonyl (C=O) groups excluding carboxylic acids is 1. The van der Waals surface area contributed by atoms with Gasteiger partial charge in [0, 0.05) is 36.0 Å². The van der Waals surface area contributed by atoms with Crippen LogP contribution in [0.3, 0.4) is 0 Å². The Kier molecular flexibility index (Phi) is 5.63. The highest BCUT2D eigenvalue weighted by Crippen LogP contribution is 2.35. The maximum atomic E-state index is 12.1. The molecule has 25 heavy (non-hydrogen) atoms. The quantitative estimate of drug-likeness (QED) is 0.819. The molecule has 5 nitrogen and oxygen atoms in total. The minimum absolute atomic E-state index is 0.243. The smallest absolute Gasteiger partial charge is 0.163 e. The lowest BCUT2D eigenvalue weighted by Gasteiger charge is -2.18. The van der Waals surface area contributed by atoms with Crippen LogP contribution in [0.15, 0.2) is 29.5 Å². The number of nitrogens with one attached hydrogen (secondary N) is 1. The highest BCUT2D eigenvalue weighted by Gasteiger charge is 2.24. The Morgan fingerprint density at radius 1 is 1.16 bits per heavy atom. The lowest BCUT2D eigenvalue weighted by atomic mass is 10.2. The fraction of sp³-hybridized carbons (Fsp3) is 0.550. The van der Waals surface area contributed by atoms with Gasteiger partial charge < -0.3 is 19.7 Å². The molecule has 1 fully saturated rings. The van der Waals surface area contributed by atoms with Crippen LogP contribution in [-0.4, -0.2) is 44.5 Å². The first-order valence-electron chi connectivity index (χ1n) is 9.08. The van der Waals surface area contributed by atoms with E-state index in [1.54, 1.807) is 7.11 Å². The second-order valence-corrected chi connectivity index (χ2v) is 7.13. The number of ketones is 1. The highest BCUT2D eigenvalue weighted by molar-refractivity contribution is 5.99. The first-order valence-corrected chi connectivity index (χ1v) is 9.08. The average molecular weight is 344 g/mol. The van der Waals surface area contributed by atoms with E-state index in [-0.39, 0.29) is 11.9 Å². The molecule has 0 amide bonds. The monoisotopic (exact) mass is 344 g/mol. The summed E-state index contributed by atoms with van der Waals surface area (Å²) in [5.41, 5.74) is 2.85. The first kappa shape index (κ1) is 17.8. The zero-order valence-electron chi connectivity index (χ0n) is 15.4. The fourth-order valence-corrected chi connectivity index (χ4v) is 3.55. The van der Waals surface area contributed by atoms with Crippen molar-refractivity contribution in [1.82, 2.24) is 4.90 Å². The van der Waals surface area contributed by atoms with Crippen molar-refractivity contribution in [2.45, 2.75) is 44.6 Å². The molecule has 0 aromatic heterocycles. The predicted octanol–water partition coefficient (Wildman–Crippen LogP) is 3.61. The Morgan fingerprint density at radius 2 is 1.92 bits per heavy atom. The van der Waals surface area contributed by atoms with Gasteiger partial charge in [-0.3, -0.25) is 4.79 Å². The summed E-state index contributed by atoms with van der Waals surface area (Å²) in [6, 6.07) is 5.89. The molecule has 1 aromatic carbocycles. The minimum Gasteiger partial charge on any atom is -0.493 e. The molecular formula is C20H28N2O3. The van der Waals surface area contributed by atoms with Gasteiger partial charge in [0.05, 0.1) is 13.2 Å². The third kappa shape index (κ3) is 4.34. The molecule has 136 valence electrons. The Morgan fingerprint density at radius 3 is 2.60 bits per heavy atom. The molecule has 1 aromatic rings. The lowest BCUT2D eigenvalue weighted by molar-refractivity contribution is -0.115. The van der Waals surface area contributed by atoms with Crippen LogP contribution in [0.4, 0.5) is 5.69 Å². The number of allylic oxidation sites excluding steroid dienone is 1. The zero-order valence-corrected chi connectivity index (χ0v) is 15.4. The normalized spacial score (nSPS) is 18.3. The van der Waals surface area contributed by atoms with E-state index in [0.29, 0.717) is 13.0 Å². The summed E-state index contributed by atoms with van der Waals surface area (Å²) in [7, 11) is 5.63. The van der Waals surface area contributed by atoms with Crippen molar-refractivity contribution >= 4 is 11.5 Å². The van der Waals surface area contributed by atoms with Gasteiger partial charge in [-0.25, -0.2) is 0 Å². The standard InChI is InChI=1S/C20H28N2O3/c1-22(2)13-16-17(9-10-18(16)23)21-14-8-11-19(24-3)20(12-14)25-15-6-4-5-7-15/h8,11-12,15,21H,4-7,9-10,13H2,1-3H3. The second kappa shape index (κ2) is 7.91. The molecule has 0 radical (unpaired) electrons. The van der Waals surface area contributed by atoms with Crippen LogP contribution < -0.4 is 14.8 Å². The van der Waals surface area contributed by atoms with Gasteiger partial charge in [0.2, 0.25) is 0 Å². The van der Waals surface area contributed by atoms with Crippen LogP contribution in [0.1, 0.15) is 38.5 Å². The molecular weight excluding hydrogens is 316 g/mol. The molecule has 0 saturated heterocycles. The van der Waals surface area contributed by atoms with Crippen LogP contribution in [0.2, 0.25) is 0 Å². The van der Waals surface area contributed by atoms with Gasteiger partial charge in [0.15, 0.2) is 17.3 Å². The van der Waals surface area contributed by atoms with Gasteiger partial charge in [-0.2, -0.15) is 0 Å². The van der Waals surface area contributed by atoms with Gasteiger partial charge in [-0.1, -0.05) is 0 Å². The van der Waals surface area contributed by atoms with Gasteiger partial charge in [0.1, 0.15) is 0 Å². The van der Waals surface area contributed by atoms with E-state index in [1.165, 1.54) is 12.8 Å². The number of methoxy groups -OCH3 is 1. The second-order valence-electron chi connectivity index (χ2n) is 7.13. The molecule has 0 unspecified atom stereocenters. The average Bonchev–Trinajstić information content (AvgIpc) is 3.20. The largest absolute Gasteiger partial charge is 0.493 e. The summed E-state index contributed by atoms with van der Waals surface area (Å²) in [6.45, 7) is 0.669. The third-order valence-electron chi connectivity index (χ3n) is 4.83. The number of rotatable bonds is 7. The molecule has 0 bridgehead atoms. The number of ether oxygens (including phenoxy) is 2. The zero-order chi connectivity index (χ0) is 17.8. The Balaban J connectivity index is 1.79. The molecule has 0 aliphatic heterocycles. The van der Waals surface area contributed by atoms with Crippen molar-refractivity contribution in [1.29, 1.82) is 0 Å². The number of anilines is 1. The van der Waals surface area contributed by atoms with E-state index in [2.05, 4.69) is 5.32 Å². The Hall–Kier alpha value is -2.01. The molecule has 1 saturated carbocycles. The molecule has 2 aliphatic rings. The van der Waals surface area contributed by atoms with Crippen molar-refractivity contribution in [2.75, 3.05) is 33.1 Å². The molecule has 0 spiro atoms. The van der Waals surface area contributed by atoms with E-state index >= 15 is 0 Å². The first-order chi connectivity index (χ1) is 12.1. The number of hydrogen-bond acceptors (Lipinski definition) is 5. The van der Waals surface area contributed by atoms with Crippen molar-refractivity contribution in [3.63, 3.8) is 0 Å². The summed E-state index contributed by atoms with van der Waals surface area (Å²) in [4.78, 5) is 14.2. The van der Waals surface area contributed by atoms with Crippen molar-refractivity contribution < 1.29 is 14.3 Å². The number of likely N-dealkylation sites (N-methyl/N-ethyl adjacent to an activating group) is 1. The van der Waals surface area contributed by atoms with Gasteiger partial charge in [-0.05, 0) is 58.3 Å². The lowest BCUT2D eigenvalue weighted by Crippen LogP contribution is -2.19. The number of Topliss-reactive ketones (excluding diaryl/α,β-unsaturated/α-hetero) is 1. The number of benzene rings is 1. The van der Waals surface area contributed by atoms with Crippen LogP contribution in [0.5, 0.6) is 11.5 Å². The summed E-state index contributed by atoms with van der Waals surface area (Å²) in [5, 5.41) is 3.44. The van der Waals surface area contributed by atoms with Crippen LogP contribution in [-0.2, 0) is 4.79 Å². The SMILES string of the molecule is COc1ccc(NC2=C(CN(C)C)C(=O)CC2)cc1OC1CCCC1. The van der Waals surface area contributed by atoms with Gasteiger partial charge in [-0.15, -0.1) is 0 Å². The molecule has 0 atom stereocenters. The molecule has 2 aliphatic carbocycles. The number of hydrogen-bond donors (Lipinski definition) is 1. The predicted molar refractivity (Wildman–Crippen MR) is 99.3 cm³/mol. The van der Waals surface area contributed by atoms with Crippen LogP contribution in [0.25, 0.3) is 0 Å². The van der Waals surface area contributed by atoms with Crippen LogP contribution >= 0.6 is 0 Å². The Bertz CT molecular complexity index is 661. The van der Waals surface area contributed by atoms with E-state index in [4.69, 9.17) is 9.47 Å². The summed E-state index contributed by atoms with van der Waals surface area (Å²) in [5.74, 6) is 1.77. The topological polar surface area (TPSA) is 50.8 Å². The van der Waals surface area contributed by atoms with Crippen molar-refractivity contribution in [3.05, 3.63) is 29.5 Å². The molecule has 1 N–H and O–H groups in total.